The molecule has 0 N–H and O–H groups in total. The standard InChI is InChI=1S/C12H16BrNO4S.C3H8O/c1-12(2,3)18-11(15)14(19(4,16)17)10-7-5-9(13)6-8-10;1-3-4-2/h5-8H,1-4H3;3H2,1-2H3. The number of carbonyl (C=O) groups is 1. The molecule has 0 bridgehead atoms. The summed E-state index contributed by atoms with van der Waals surface area (Å²) in [5.41, 5.74) is -0.532. The Labute approximate surface area is 146 Å². The van der Waals surface area contributed by atoms with Crippen LogP contribution in [0.15, 0.2) is 28.7 Å². The molecule has 1 rings (SSSR count). The summed E-state index contributed by atoms with van der Waals surface area (Å²) in [6.45, 7) is 7.80. The molecule has 0 aliphatic carbocycles. The second-order valence-corrected chi connectivity index (χ2v) is 8.31. The van der Waals surface area contributed by atoms with Crippen molar-refractivity contribution in [3.05, 3.63) is 28.7 Å². The number of hydrogen-bond acceptors (Lipinski definition) is 5. The Morgan fingerprint density at radius 3 is 1.96 bits per heavy atom. The first-order chi connectivity index (χ1) is 10.4. The molecule has 0 aliphatic heterocycles. The predicted molar refractivity (Wildman–Crippen MR) is 95.2 cm³/mol. The van der Waals surface area contributed by atoms with E-state index in [1.165, 1.54) is 12.1 Å². The fraction of sp³-hybridized carbons (Fsp3) is 0.533. The van der Waals surface area contributed by atoms with Gasteiger partial charge in [-0.1, -0.05) is 15.9 Å². The summed E-state index contributed by atoms with van der Waals surface area (Å²) in [7, 11) is -2.08. The highest BCUT2D eigenvalue weighted by Gasteiger charge is 2.30. The molecule has 0 fully saturated rings. The van der Waals surface area contributed by atoms with Crippen LogP contribution >= 0.6 is 15.9 Å². The zero-order valence-corrected chi connectivity index (χ0v) is 16.7. The smallest absolute Gasteiger partial charge is 0.428 e. The van der Waals surface area contributed by atoms with E-state index in [1.807, 2.05) is 6.92 Å². The SMILES string of the molecule is CC(C)(C)OC(=O)N(c1ccc(Br)cc1)S(C)(=O)=O.CCOC. The van der Waals surface area contributed by atoms with Gasteiger partial charge in [0.05, 0.1) is 11.9 Å². The average molecular weight is 410 g/mol. The second-order valence-electron chi connectivity index (χ2n) is 5.56. The molecule has 1 aromatic rings. The topological polar surface area (TPSA) is 72.9 Å². The van der Waals surface area contributed by atoms with E-state index in [9.17, 15) is 13.2 Å². The highest BCUT2D eigenvalue weighted by molar-refractivity contribution is 9.10. The maximum Gasteiger partial charge on any atom is 0.428 e. The summed E-state index contributed by atoms with van der Waals surface area (Å²) in [6, 6.07) is 6.35. The van der Waals surface area contributed by atoms with Gasteiger partial charge in [-0.2, -0.15) is 4.31 Å². The van der Waals surface area contributed by atoms with Crippen molar-refractivity contribution in [3.63, 3.8) is 0 Å². The number of methoxy groups -OCH3 is 1. The first-order valence-corrected chi connectivity index (χ1v) is 9.54. The van der Waals surface area contributed by atoms with Gasteiger partial charge < -0.3 is 9.47 Å². The van der Waals surface area contributed by atoms with Gasteiger partial charge in [0, 0.05) is 18.2 Å². The molecule has 0 atom stereocenters. The van der Waals surface area contributed by atoms with Crippen LogP contribution in [0.3, 0.4) is 0 Å². The minimum atomic E-state index is -3.76. The summed E-state index contributed by atoms with van der Waals surface area (Å²) in [5.74, 6) is 0. The Bertz CT molecular complexity index is 591. The number of nitrogens with zero attached hydrogens (tertiary/aromatic N) is 1. The molecule has 0 radical (unpaired) electrons. The van der Waals surface area contributed by atoms with E-state index < -0.39 is 21.7 Å². The largest absolute Gasteiger partial charge is 0.443 e. The third-order valence-electron chi connectivity index (χ3n) is 2.24. The number of sulfonamides is 1. The third kappa shape index (κ3) is 8.92. The predicted octanol–water partition coefficient (Wildman–Crippen LogP) is 3.80. The summed E-state index contributed by atoms with van der Waals surface area (Å²) in [4.78, 5) is 12.0. The molecule has 0 spiro atoms. The number of halogens is 1. The molecule has 0 saturated heterocycles. The first kappa shape index (κ1) is 21.9. The molecular formula is C15H24BrNO5S. The Balaban J connectivity index is 0.00000108. The lowest BCUT2D eigenvalue weighted by atomic mass is 10.2. The van der Waals surface area contributed by atoms with Crippen LogP contribution in [0.5, 0.6) is 0 Å². The molecule has 8 heteroatoms. The molecular weight excluding hydrogens is 386 g/mol. The highest BCUT2D eigenvalue weighted by atomic mass is 79.9. The van der Waals surface area contributed by atoms with Gasteiger partial charge in [0.2, 0.25) is 10.0 Å². The monoisotopic (exact) mass is 409 g/mol. The Morgan fingerprint density at radius 2 is 1.65 bits per heavy atom. The number of benzene rings is 1. The van der Waals surface area contributed by atoms with Crippen molar-refractivity contribution in [1.82, 2.24) is 0 Å². The third-order valence-corrected chi connectivity index (χ3v) is 3.79. The quantitative estimate of drug-likeness (QED) is 0.758. The van der Waals surface area contributed by atoms with Gasteiger partial charge in [0.1, 0.15) is 5.60 Å². The van der Waals surface area contributed by atoms with Gasteiger partial charge >= 0.3 is 6.09 Å². The molecule has 0 aromatic heterocycles. The van der Waals surface area contributed by atoms with E-state index in [-0.39, 0.29) is 5.69 Å². The lowest BCUT2D eigenvalue weighted by molar-refractivity contribution is 0.0609. The summed E-state index contributed by atoms with van der Waals surface area (Å²) < 4.78 is 34.6. The van der Waals surface area contributed by atoms with E-state index >= 15 is 0 Å². The van der Waals surface area contributed by atoms with Gasteiger partial charge in [-0.25, -0.2) is 13.2 Å². The fourth-order valence-electron chi connectivity index (χ4n) is 1.31. The minimum Gasteiger partial charge on any atom is -0.443 e. The van der Waals surface area contributed by atoms with Crippen molar-refractivity contribution in [1.29, 1.82) is 0 Å². The highest BCUT2D eigenvalue weighted by Crippen LogP contribution is 2.23. The Kier molecular flexibility index (Phi) is 8.79. The molecule has 0 saturated carbocycles. The molecule has 23 heavy (non-hydrogen) atoms. The van der Waals surface area contributed by atoms with Crippen molar-refractivity contribution in [2.45, 2.75) is 33.3 Å². The van der Waals surface area contributed by atoms with Crippen LogP contribution in [-0.4, -0.2) is 40.1 Å². The van der Waals surface area contributed by atoms with Crippen LogP contribution in [0.1, 0.15) is 27.7 Å². The molecule has 1 amide bonds. The van der Waals surface area contributed by atoms with Crippen LogP contribution in [0, 0.1) is 0 Å². The van der Waals surface area contributed by atoms with Crippen molar-refractivity contribution >= 4 is 37.7 Å². The van der Waals surface area contributed by atoms with Crippen molar-refractivity contribution in [3.8, 4) is 0 Å². The lowest BCUT2D eigenvalue weighted by Gasteiger charge is -2.25. The van der Waals surface area contributed by atoms with Crippen molar-refractivity contribution < 1.29 is 22.7 Å². The van der Waals surface area contributed by atoms with Gasteiger partial charge in [0.15, 0.2) is 0 Å². The maximum atomic E-state index is 12.0. The summed E-state index contributed by atoms with van der Waals surface area (Å²) in [5, 5.41) is 0. The van der Waals surface area contributed by atoms with E-state index in [4.69, 9.17) is 4.74 Å². The van der Waals surface area contributed by atoms with E-state index in [1.54, 1.807) is 40.0 Å². The number of ether oxygens (including phenoxy) is 2. The number of amides is 1. The van der Waals surface area contributed by atoms with Gasteiger partial charge in [-0.05, 0) is 52.0 Å². The van der Waals surface area contributed by atoms with E-state index in [2.05, 4.69) is 20.7 Å². The minimum absolute atomic E-state index is 0.236. The van der Waals surface area contributed by atoms with E-state index in [0.29, 0.717) is 4.31 Å². The fourth-order valence-corrected chi connectivity index (χ4v) is 2.39. The normalized spacial score (nSPS) is 11.3. The van der Waals surface area contributed by atoms with Gasteiger partial charge in [-0.3, -0.25) is 0 Å². The number of carbonyl (C=O) groups excluding carboxylic acids is 1. The number of rotatable bonds is 3. The number of hydrogen-bond donors (Lipinski definition) is 0. The average Bonchev–Trinajstić information content (AvgIpc) is 2.38. The summed E-state index contributed by atoms with van der Waals surface area (Å²) >= 11 is 3.25. The zero-order valence-electron chi connectivity index (χ0n) is 14.3. The maximum absolute atomic E-state index is 12.0. The number of anilines is 1. The van der Waals surface area contributed by atoms with Gasteiger partial charge in [0.25, 0.3) is 0 Å². The Morgan fingerprint density at radius 1 is 1.22 bits per heavy atom. The molecule has 132 valence electrons. The van der Waals surface area contributed by atoms with E-state index in [0.717, 1.165) is 17.3 Å². The van der Waals surface area contributed by atoms with Crippen LogP contribution in [-0.2, 0) is 19.5 Å². The van der Waals surface area contributed by atoms with Crippen LogP contribution in [0.4, 0.5) is 10.5 Å². The van der Waals surface area contributed by atoms with Crippen LogP contribution < -0.4 is 4.31 Å². The molecule has 6 nitrogen and oxygen atoms in total. The van der Waals surface area contributed by atoms with Crippen molar-refractivity contribution in [2.75, 3.05) is 24.3 Å². The molecule has 1 aromatic carbocycles. The second kappa shape index (κ2) is 9.24. The molecule has 0 aliphatic rings. The summed E-state index contributed by atoms with van der Waals surface area (Å²) in [6.07, 6.45) is 0.0382. The van der Waals surface area contributed by atoms with Crippen LogP contribution in [0.25, 0.3) is 0 Å². The van der Waals surface area contributed by atoms with Crippen LogP contribution in [0.2, 0.25) is 0 Å². The molecule has 0 heterocycles. The molecule has 0 unspecified atom stereocenters. The van der Waals surface area contributed by atoms with Crippen molar-refractivity contribution in [2.24, 2.45) is 0 Å². The van der Waals surface area contributed by atoms with Gasteiger partial charge in [-0.15, -0.1) is 0 Å². The first-order valence-electron chi connectivity index (χ1n) is 6.90. The zero-order chi connectivity index (χ0) is 18.3. The lowest BCUT2D eigenvalue weighted by Crippen LogP contribution is -2.40. The Hall–Kier alpha value is -1.12.